The number of hydrogen-bond acceptors (Lipinski definition) is 5. The van der Waals surface area contributed by atoms with E-state index in [0.29, 0.717) is 12.3 Å². The quantitative estimate of drug-likeness (QED) is 0.797. The van der Waals surface area contributed by atoms with Crippen LogP contribution in [0.4, 0.5) is 0 Å². The number of amides is 1. The molecule has 6 nitrogen and oxygen atoms in total. The average molecular weight is 288 g/mol. The fraction of sp³-hybridized carbons (Fsp3) is 0.154. The van der Waals surface area contributed by atoms with Gasteiger partial charge in [-0.1, -0.05) is 11.3 Å². The zero-order chi connectivity index (χ0) is 13.9. The largest absolute Gasteiger partial charge is 0.458 e. The van der Waals surface area contributed by atoms with Crippen molar-refractivity contribution in [2.45, 2.75) is 6.54 Å². The molecule has 1 amide bonds. The van der Waals surface area contributed by atoms with E-state index in [9.17, 15) is 4.79 Å². The number of aryl methyl sites for hydroxylation is 1. The molecule has 102 valence electrons. The molecule has 0 spiro atoms. The molecule has 0 unspecified atom stereocenters. The molecular weight excluding hydrogens is 276 g/mol. The molecular formula is C13H12N4O2S. The van der Waals surface area contributed by atoms with Crippen molar-refractivity contribution in [1.29, 1.82) is 0 Å². The first-order valence-corrected chi connectivity index (χ1v) is 6.87. The van der Waals surface area contributed by atoms with Crippen LogP contribution in [-0.2, 0) is 13.6 Å². The SMILES string of the molecule is Cn1cc(C(=O)NCc2ccc(-c3cccs3)o2)nn1. The van der Waals surface area contributed by atoms with Gasteiger partial charge in [-0.15, -0.1) is 16.4 Å². The summed E-state index contributed by atoms with van der Waals surface area (Å²) < 4.78 is 7.16. The van der Waals surface area contributed by atoms with Crippen molar-refractivity contribution in [2.75, 3.05) is 0 Å². The maximum atomic E-state index is 11.8. The number of carbonyl (C=O) groups is 1. The van der Waals surface area contributed by atoms with Crippen LogP contribution in [0, 0.1) is 0 Å². The van der Waals surface area contributed by atoms with Crippen LogP contribution in [0.5, 0.6) is 0 Å². The number of nitrogens with zero attached hydrogens (tertiary/aromatic N) is 3. The number of aromatic nitrogens is 3. The van der Waals surface area contributed by atoms with Gasteiger partial charge in [-0.25, -0.2) is 0 Å². The molecule has 20 heavy (non-hydrogen) atoms. The smallest absolute Gasteiger partial charge is 0.273 e. The molecule has 3 rings (SSSR count). The number of thiophene rings is 1. The van der Waals surface area contributed by atoms with Crippen LogP contribution >= 0.6 is 11.3 Å². The van der Waals surface area contributed by atoms with E-state index in [1.54, 1.807) is 24.6 Å². The molecule has 0 aliphatic carbocycles. The van der Waals surface area contributed by atoms with Gasteiger partial charge >= 0.3 is 0 Å². The first kappa shape index (κ1) is 12.6. The third-order valence-corrected chi connectivity index (χ3v) is 3.57. The molecule has 0 fully saturated rings. The molecule has 1 N–H and O–H groups in total. The molecule has 0 bridgehead atoms. The van der Waals surface area contributed by atoms with Gasteiger partial charge in [0.25, 0.3) is 5.91 Å². The van der Waals surface area contributed by atoms with Crippen molar-refractivity contribution in [1.82, 2.24) is 20.3 Å². The van der Waals surface area contributed by atoms with Crippen molar-refractivity contribution in [3.63, 3.8) is 0 Å². The number of carbonyl (C=O) groups excluding carboxylic acids is 1. The maximum absolute atomic E-state index is 11.8. The van der Waals surface area contributed by atoms with E-state index in [2.05, 4.69) is 15.6 Å². The highest BCUT2D eigenvalue weighted by Crippen LogP contribution is 2.26. The fourth-order valence-corrected chi connectivity index (χ4v) is 2.42. The van der Waals surface area contributed by atoms with Crippen LogP contribution in [0.25, 0.3) is 10.6 Å². The minimum Gasteiger partial charge on any atom is -0.458 e. The Kier molecular flexibility index (Phi) is 3.34. The second-order valence-electron chi connectivity index (χ2n) is 4.20. The third kappa shape index (κ3) is 2.62. The van der Waals surface area contributed by atoms with Crippen LogP contribution in [0.2, 0.25) is 0 Å². The first-order chi connectivity index (χ1) is 9.72. The van der Waals surface area contributed by atoms with Gasteiger partial charge in [-0.05, 0) is 23.6 Å². The summed E-state index contributed by atoms with van der Waals surface area (Å²) in [6.07, 6.45) is 1.56. The summed E-state index contributed by atoms with van der Waals surface area (Å²) in [6.45, 7) is 0.320. The lowest BCUT2D eigenvalue weighted by Gasteiger charge is -1.99. The van der Waals surface area contributed by atoms with E-state index in [1.807, 2.05) is 29.6 Å². The van der Waals surface area contributed by atoms with Gasteiger partial charge in [0.05, 0.1) is 17.6 Å². The van der Waals surface area contributed by atoms with Crippen molar-refractivity contribution in [3.05, 3.63) is 47.3 Å². The van der Waals surface area contributed by atoms with Crippen LogP contribution in [-0.4, -0.2) is 20.9 Å². The van der Waals surface area contributed by atoms with Crippen molar-refractivity contribution in [3.8, 4) is 10.6 Å². The van der Waals surface area contributed by atoms with E-state index in [1.165, 1.54) is 4.68 Å². The van der Waals surface area contributed by atoms with Gasteiger partial charge < -0.3 is 9.73 Å². The minimum atomic E-state index is -0.271. The van der Waals surface area contributed by atoms with Crippen LogP contribution in [0.3, 0.4) is 0 Å². The summed E-state index contributed by atoms with van der Waals surface area (Å²) in [5.41, 5.74) is 0.289. The molecule has 3 aromatic heterocycles. The number of hydrogen-bond donors (Lipinski definition) is 1. The second-order valence-corrected chi connectivity index (χ2v) is 5.15. The lowest BCUT2D eigenvalue weighted by molar-refractivity contribution is 0.0943. The lowest BCUT2D eigenvalue weighted by Crippen LogP contribution is -2.22. The number of nitrogens with one attached hydrogen (secondary N) is 1. The Morgan fingerprint density at radius 1 is 1.45 bits per heavy atom. The highest BCUT2D eigenvalue weighted by atomic mass is 32.1. The Labute approximate surface area is 119 Å². The van der Waals surface area contributed by atoms with Crippen LogP contribution in [0.15, 0.2) is 40.3 Å². The fourth-order valence-electron chi connectivity index (χ4n) is 1.73. The summed E-state index contributed by atoms with van der Waals surface area (Å²) in [5, 5.41) is 12.2. The number of rotatable bonds is 4. The maximum Gasteiger partial charge on any atom is 0.273 e. The van der Waals surface area contributed by atoms with Gasteiger partial charge in [0, 0.05) is 7.05 Å². The monoisotopic (exact) mass is 288 g/mol. The van der Waals surface area contributed by atoms with E-state index in [4.69, 9.17) is 4.42 Å². The van der Waals surface area contributed by atoms with Crippen LogP contribution in [0.1, 0.15) is 16.2 Å². The Bertz CT molecular complexity index is 714. The molecule has 0 atom stereocenters. The van der Waals surface area contributed by atoms with Crippen LogP contribution < -0.4 is 5.32 Å². The molecule has 0 aromatic carbocycles. The van der Waals surface area contributed by atoms with Gasteiger partial charge in [-0.3, -0.25) is 9.48 Å². The highest BCUT2D eigenvalue weighted by Gasteiger charge is 2.11. The van der Waals surface area contributed by atoms with Gasteiger partial charge in [-0.2, -0.15) is 0 Å². The second kappa shape index (κ2) is 5.30. The first-order valence-electron chi connectivity index (χ1n) is 5.99. The topological polar surface area (TPSA) is 73.0 Å². The van der Waals surface area contributed by atoms with E-state index < -0.39 is 0 Å². The van der Waals surface area contributed by atoms with Crippen molar-refractivity contribution >= 4 is 17.2 Å². The number of furan rings is 1. The van der Waals surface area contributed by atoms with E-state index >= 15 is 0 Å². The van der Waals surface area contributed by atoms with Crippen molar-refractivity contribution in [2.24, 2.45) is 7.05 Å². The zero-order valence-corrected chi connectivity index (χ0v) is 11.6. The third-order valence-electron chi connectivity index (χ3n) is 2.68. The normalized spacial score (nSPS) is 10.7. The Hall–Kier alpha value is -2.41. The van der Waals surface area contributed by atoms with E-state index in [0.717, 1.165) is 10.6 Å². The zero-order valence-electron chi connectivity index (χ0n) is 10.7. The molecule has 3 aromatic rings. The molecule has 3 heterocycles. The standard InChI is InChI=1S/C13H12N4O2S/c1-17-8-10(15-16-17)13(18)14-7-9-4-5-11(19-9)12-3-2-6-20-12/h2-6,8H,7H2,1H3,(H,14,18). The summed E-state index contributed by atoms with van der Waals surface area (Å²) in [7, 11) is 1.71. The van der Waals surface area contributed by atoms with Gasteiger partial charge in [0.1, 0.15) is 11.5 Å². The molecule has 7 heteroatoms. The minimum absolute atomic E-state index is 0.271. The molecule has 0 radical (unpaired) electrons. The highest BCUT2D eigenvalue weighted by molar-refractivity contribution is 7.13. The Morgan fingerprint density at radius 2 is 2.35 bits per heavy atom. The predicted octanol–water partition coefficient (Wildman–Crippen LogP) is 2.07. The summed E-state index contributed by atoms with van der Waals surface area (Å²) in [4.78, 5) is 12.9. The lowest BCUT2D eigenvalue weighted by atomic mass is 10.3. The summed E-state index contributed by atoms with van der Waals surface area (Å²) in [6, 6.07) is 7.71. The summed E-state index contributed by atoms with van der Waals surface area (Å²) >= 11 is 1.61. The summed E-state index contributed by atoms with van der Waals surface area (Å²) in [5.74, 6) is 1.24. The van der Waals surface area contributed by atoms with Gasteiger partial charge in [0.15, 0.2) is 5.69 Å². The van der Waals surface area contributed by atoms with E-state index in [-0.39, 0.29) is 11.6 Å². The van der Waals surface area contributed by atoms with Crippen molar-refractivity contribution < 1.29 is 9.21 Å². The average Bonchev–Trinajstić information content (AvgIpc) is 3.16. The molecule has 0 saturated heterocycles. The predicted molar refractivity (Wildman–Crippen MR) is 74.2 cm³/mol. The molecule has 0 aliphatic rings. The van der Waals surface area contributed by atoms with Gasteiger partial charge in [0.2, 0.25) is 0 Å². The Morgan fingerprint density at radius 3 is 3.05 bits per heavy atom. The molecule has 0 saturated carbocycles. The Balaban J connectivity index is 1.63. The molecule has 0 aliphatic heterocycles.